The van der Waals surface area contributed by atoms with E-state index >= 15 is 0 Å². The van der Waals surface area contributed by atoms with Crippen LogP contribution in [0.4, 0.5) is 13.2 Å². The Morgan fingerprint density at radius 3 is 2.64 bits per heavy atom. The van der Waals surface area contributed by atoms with Crippen LogP contribution in [0.1, 0.15) is 22.1 Å². The average molecular weight is 367 g/mol. The number of nitrogens with zero attached hydrogens (tertiary/aromatic N) is 1. The molecule has 2 heterocycles. The Morgan fingerprint density at radius 2 is 2.00 bits per heavy atom. The van der Waals surface area contributed by atoms with Crippen molar-refractivity contribution >= 4 is 23.3 Å². The lowest BCUT2D eigenvalue weighted by Crippen LogP contribution is -2.41. The topological polar surface area (TPSA) is 29.5 Å². The van der Waals surface area contributed by atoms with Crippen LogP contribution in [-0.4, -0.2) is 30.5 Å². The second kappa shape index (κ2) is 7.41. The Kier molecular flexibility index (Phi) is 5.24. The minimum Gasteiger partial charge on any atom is -0.370 e. The molecule has 2 aromatic rings. The van der Waals surface area contributed by atoms with Crippen molar-refractivity contribution in [3.05, 3.63) is 63.9 Å². The first-order valence-electron chi connectivity index (χ1n) is 7.73. The van der Waals surface area contributed by atoms with Crippen molar-refractivity contribution < 1.29 is 22.7 Å². The SMILES string of the molecule is O=C(/C=C/c1cccs1)N1CCOC(c2ccc(C(F)(F)F)cc2)C1. The van der Waals surface area contributed by atoms with Gasteiger partial charge in [0.2, 0.25) is 5.91 Å². The van der Waals surface area contributed by atoms with E-state index in [0.717, 1.165) is 17.0 Å². The third kappa shape index (κ3) is 4.49. The third-order valence-corrected chi connectivity index (χ3v) is 4.76. The molecule has 0 bridgehead atoms. The van der Waals surface area contributed by atoms with Crippen LogP contribution in [0.2, 0.25) is 0 Å². The first-order valence-corrected chi connectivity index (χ1v) is 8.61. The number of morpholine rings is 1. The van der Waals surface area contributed by atoms with E-state index < -0.39 is 17.8 Å². The summed E-state index contributed by atoms with van der Waals surface area (Å²) >= 11 is 1.54. The molecule has 1 aromatic carbocycles. The zero-order valence-corrected chi connectivity index (χ0v) is 14.0. The standard InChI is InChI=1S/C18H16F3NO2S/c19-18(20,21)14-5-3-13(4-6-14)16-12-22(9-10-24-16)17(23)8-7-15-2-1-11-25-15/h1-8,11,16H,9-10,12H2/b8-7+. The molecule has 0 spiro atoms. The summed E-state index contributed by atoms with van der Waals surface area (Å²) < 4.78 is 43.5. The summed E-state index contributed by atoms with van der Waals surface area (Å²) in [5.41, 5.74) is -0.0633. The summed E-state index contributed by atoms with van der Waals surface area (Å²) in [4.78, 5) is 14.9. The van der Waals surface area contributed by atoms with Crippen LogP contribution < -0.4 is 0 Å². The highest BCUT2D eigenvalue weighted by atomic mass is 32.1. The highest BCUT2D eigenvalue weighted by Gasteiger charge is 2.31. The normalized spacial score (nSPS) is 18.7. The number of ether oxygens (including phenoxy) is 1. The zero-order valence-electron chi connectivity index (χ0n) is 13.2. The zero-order chi connectivity index (χ0) is 17.9. The van der Waals surface area contributed by atoms with Crippen LogP contribution in [-0.2, 0) is 15.7 Å². The molecule has 0 radical (unpaired) electrons. The molecule has 1 aliphatic heterocycles. The number of hydrogen-bond acceptors (Lipinski definition) is 3. The van der Waals surface area contributed by atoms with E-state index in [1.54, 1.807) is 11.0 Å². The molecule has 1 amide bonds. The van der Waals surface area contributed by atoms with Gasteiger partial charge in [0.25, 0.3) is 0 Å². The molecule has 25 heavy (non-hydrogen) atoms. The average Bonchev–Trinajstić information content (AvgIpc) is 3.13. The largest absolute Gasteiger partial charge is 0.416 e. The first kappa shape index (κ1) is 17.7. The lowest BCUT2D eigenvalue weighted by atomic mass is 10.1. The van der Waals surface area contributed by atoms with Gasteiger partial charge >= 0.3 is 6.18 Å². The molecule has 0 N–H and O–H groups in total. The van der Waals surface area contributed by atoms with Gasteiger partial charge in [-0.25, -0.2) is 0 Å². The van der Waals surface area contributed by atoms with E-state index in [-0.39, 0.29) is 5.91 Å². The number of halogens is 3. The van der Waals surface area contributed by atoms with Crippen LogP contribution in [0, 0.1) is 0 Å². The van der Waals surface area contributed by atoms with Crippen molar-refractivity contribution in [3.8, 4) is 0 Å². The minimum absolute atomic E-state index is 0.131. The maximum atomic E-state index is 12.6. The van der Waals surface area contributed by atoms with Crippen molar-refractivity contribution in [1.29, 1.82) is 0 Å². The molecule has 132 valence electrons. The van der Waals surface area contributed by atoms with Crippen LogP contribution >= 0.6 is 11.3 Å². The van der Waals surface area contributed by atoms with Crippen molar-refractivity contribution in [2.24, 2.45) is 0 Å². The number of amides is 1. The summed E-state index contributed by atoms with van der Waals surface area (Å²) in [6, 6.07) is 8.71. The Bertz CT molecular complexity index is 739. The molecule has 1 atom stereocenters. The van der Waals surface area contributed by atoms with Crippen LogP contribution in [0.15, 0.2) is 47.9 Å². The lowest BCUT2D eigenvalue weighted by Gasteiger charge is -2.32. The second-order valence-corrected chi connectivity index (χ2v) is 6.59. The van der Waals surface area contributed by atoms with Gasteiger partial charge in [0, 0.05) is 17.5 Å². The van der Waals surface area contributed by atoms with E-state index in [0.29, 0.717) is 25.3 Å². The number of carbonyl (C=O) groups excluding carboxylic acids is 1. The maximum Gasteiger partial charge on any atom is 0.416 e. The van der Waals surface area contributed by atoms with Gasteiger partial charge < -0.3 is 9.64 Å². The Labute approximate surface area is 147 Å². The van der Waals surface area contributed by atoms with Crippen LogP contribution in [0.3, 0.4) is 0 Å². The minimum atomic E-state index is -4.36. The highest BCUT2D eigenvalue weighted by molar-refractivity contribution is 7.10. The lowest BCUT2D eigenvalue weighted by molar-refractivity contribution is -0.137. The monoisotopic (exact) mass is 367 g/mol. The second-order valence-electron chi connectivity index (χ2n) is 5.61. The molecular formula is C18H16F3NO2S. The molecular weight excluding hydrogens is 351 g/mol. The quantitative estimate of drug-likeness (QED) is 0.754. The molecule has 7 heteroatoms. The first-order chi connectivity index (χ1) is 11.9. The molecule has 1 unspecified atom stereocenters. The number of thiophene rings is 1. The Balaban J connectivity index is 1.65. The van der Waals surface area contributed by atoms with E-state index in [1.165, 1.54) is 29.5 Å². The van der Waals surface area contributed by atoms with Crippen molar-refractivity contribution in [2.45, 2.75) is 12.3 Å². The van der Waals surface area contributed by atoms with Crippen molar-refractivity contribution in [1.82, 2.24) is 4.90 Å². The van der Waals surface area contributed by atoms with Crippen LogP contribution in [0.5, 0.6) is 0 Å². The van der Waals surface area contributed by atoms with E-state index in [1.807, 2.05) is 17.5 Å². The molecule has 0 saturated carbocycles. The summed E-state index contributed by atoms with van der Waals surface area (Å²) in [5.74, 6) is -0.131. The van der Waals surface area contributed by atoms with Gasteiger partial charge in [-0.05, 0) is 35.2 Å². The van der Waals surface area contributed by atoms with Crippen molar-refractivity contribution in [3.63, 3.8) is 0 Å². The number of carbonyl (C=O) groups is 1. The van der Waals surface area contributed by atoms with E-state index in [9.17, 15) is 18.0 Å². The molecule has 0 aliphatic carbocycles. The fraction of sp³-hybridized carbons (Fsp3) is 0.278. The molecule has 1 aromatic heterocycles. The number of hydrogen-bond donors (Lipinski definition) is 0. The van der Waals surface area contributed by atoms with Gasteiger partial charge in [0.05, 0.1) is 18.7 Å². The smallest absolute Gasteiger partial charge is 0.370 e. The number of benzene rings is 1. The van der Waals surface area contributed by atoms with E-state index in [2.05, 4.69) is 0 Å². The highest BCUT2D eigenvalue weighted by Crippen LogP contribution is 2.31. The maximum absolute atomic E-state index is 12.6. The summed E-state index contributed by atoms with van der Waals surface area (Å²) in [5, 5.41) is 1.93. The predicted molar refractivity (Wildman–Crippen MR) is 90.1 cm³/mol. The molecule has 1 aliphatic rings. The number of alkyl halides is 3. The molecule has 3 rings (SSSR count). The number of rotatable bonds is 3. The van der Waals surface area contributed by atoms with Gasteiger partial charge in [-0.15, -0.1) is 11.3 Å². The van der Waals surface area contributed by atoms with E-state index in [4.69, 9.17) is 4.74 Å². The van der Waals surface area contributed by atoms with Crippen LogP contribution in [0.25, 0.3) is 6.08 Å². The Hall–Kier alpha value is -2.12. The van der Waals surface area contributed by atoms with Crippen molar-refractivity contribution in [2.75, 3.05) is 19.7 Å². The fourth-order valence-corrected chi connectivity index (χ4v) is 3.20. The summed E-state index contributed by atoms with van der Waals surface area (Å²) in [6.45, 7) is 1.13. The van der Waals surface area contributed by atoms with Gasteiger partial charge in [0.1, 0.15) is 6.10 Å². The van der Waals surface area contributed by atoms with Gasteiger partial charge in [0.15, 0.2) is 0 Å². The molecule has 1 fully saturated rings. The molecule has 1 saturated heterocycles. The fourth-order valence-electron chi connectivity index (χ4n) is 2.58. The van der Waals surface area contributed by atoms with Gasteiger partial charge in [-0.1, -0.05) is 18.2 Å². The molecule has 3 nitrogen and oxygen atoms in total. The summed E-state index contributed by atoms with van der Waals surface area (Å²) in [6.07, 6.45) is -1.51. The Morgan fingerprint density at radius 1 is 1.24 bits per heavy atom. The predicted octanol–water partition coefficient (Wildman–Crippen LogP) is 4.38. The van der Waals surface area contributed by atoms with Gasteiger partial charge in [-0.2, -0.15) is 13.2 Å². The third-order valence-electron chi connectivity index (χ3n) is 3.92. The summed E-state index contributed by atoms with van der Waals surface area (Å²) in [7, 11) is 0. The van der Waals surface area contributed by atoms with Gasteiger partial charge in [-0.3, -0.25) is 4.79 Å².